The van der Waals surface area contributed by atoms with Crippen molar-refractivity contribution in [2.24, 2.45) is 0 Å². The van der Waals surface area contributed by atoms with Gasteiger partial charge in [0.1, 0.15) is 17.2 Å². The molecule has 8 heteroatoms. The monoisotopic (exact) mass is 435 g/mol. The largest absolute Gasteiger partial charge is 0.497 e. The van der Waals surface area contributed by atoms with Crippen LogP contribution >= 0.6 is 0 Å². The van der Waals surface area contributed by atoms with Crippen molar-refractivity contribution in [3.05, 3.63) is 53.6 Å². The van der Waals surface area contributed by atoms with Gasteiger partial charge in [0.15, 0.2) is 0 Å². The van der Waals surface area contributed by atoms with Gasteiger partial charge in [-0.05, 0) is 50.1 Å². The maximum absolute atomic E-state index is 13.4. The molecule has 7 nitrogen and oxygen atoms in total. The van der Waals surface area contributed by atoms with Crippen LogP contribution in [0.15, 0.2) is 42.5 Å². The number of benzene rings is 2. The molecule has 1 atom stereocenters. The standard InChI is InChI=1S/C22H29NO6S/c1-6-16(3)23(22(24)20-12-11-18(27-4)14-21(20)28-5)15-17-9-8-10-19(13-17)29-30(25,26)7-2/h8-14,16H,6-7,15H2,1-5H3/t16-/m1/s1. The van der Waals surface area contributed by atoms with Crippen LogP contribution in [0.2, 0.25) is 0 Å². The number of nitrogens with zero attached hydrogens (tertiary/aromatic N) is 1. The lowest BCUT2D eigenvalue weighted by Gasteiger charge is -2.29. The van der Waals surface area contributed by atoms with Crippen LogP contribution in [-0.4, -0.2) is 45.2 Å². The molecule has 2 aromatic rings. The van der Waals surface area contributed by atoms with Crippen molar-refractivity contribution in [1.82, 2.24) is 4.90 Å². The zero-order valence-corrected chi connectivity index (χ0v) is 18.9. The highest BCUT2D eigenvalue weighted by Gasteiger charge is 2.24. The molecule has 30 heavy (non-hydrogen) atoms. The van der Waals surface area contributed by atoms with Crippen molar-refractivity contribution in [3.8, 4) is 17.2 Å². The molecule has 0 unspecified atom stereocenters. The Labute approximate surface area is 178 Å². The summed E-state index contributed by atoms with van der Waals surface area (Å²) in [6.45, 7) is 5.79. The van der Waals surface area contributed by atoms with E-state index in [2.05, 4.69) is 0 Å². The Morgan fingerprint density at radius 1 is 1.03 bits per heavy atom. The van der Waals surface area contributed by atoms with Crippen molar-refractivity contribution in [3.63, 3.8) is 0 Å². The second-order valence-electron chi connectivity index (χ2n) is 6.83. The van der Waals surface area contributed by atoms with E-state index in [0.717, 1.165) is 12.0 Å². The molecule has 0 aliphatic heterocycles. The zero-order valence-electron chi connectivity index (χ0n) is 18.0. The van der Waals surface area contributed by atoms with E-state index in [-0.39, 0.29) is 23.5 Å². The van der Waals surface area contributed by atoms with E-state index in [9.17, 15) is 13.2 Å². The summed E-state index contributed by atoms with van der Waals surface area (Å²) in [6, 6.07) is 11.8. The summed E-state index contributed by atoms with van der Waals surface area (Å²) in [7, 11) is -0.563. The highest BCUT2D eigenvalue weighted by Crippen LogP contribution is 2.28. The van der Waals surface area contributed by atoms with Crippen LogP contribution in [0.5, 0.6) is 17.2 Å². The van der Waals surface area contributed by atoms with Crippen LogP contribution in [0.1, 0.15) is 43.1 Å². The first-order valence-electron chi connectivity index (χ1n) is 9.78. The maximum atomic E-state index is 13.4. The predicted molar refractivity (Wildman–Crippen MR) is 116 cm³/mol. The zero-order chi connectivity index (χ0) is 22.3. The van der Waals surface area contributed by atoms with Gasteiger partial charge in [-0.2, -0.15) is 8.42 Å². The lowest BCUT2D eigenvalue weighted by Crippen LogP contribution is -2.38. The van der Waals surface area contributed by atoms with E-state index >= 15 is 0 Å². The summed E-state index contributed by atoms with van der Waals surface area (Å²) < 4.78 is 39.2. The van der Waals surface area contributed by atoms with Crippen LogP contribution < -0.4 is 13.7 Å². The summed E-state index contributed by atoms with van der Waals surface area (Å²) in [6.07, 6.45) is 0.755. The Morgan fingerprint density at radius 3 is 2.37 bits per heavy atom. The number of ether oxygens (including phenoxy) is 2. The van der Waals surface area contributed by atoms with E-state index < -0.39 is 10.1 Å². The number of carbonyl (C=O) groups is 1. The molecule has 1 amide bonds. The first kappa shape index (κ1) is 23.5. The third-order valence-corrected chi connectivity index (χ3v) is 6.00. The molecule has 0 saturated heterocycles. The molecule has 0 aromatic heterocycles. The van der Waals surface area contributed by atoms with Gasteiger partial charge in [-0.3, -0.25) is 4.79 Å². The fraction of sp³-hybridized carbons (Fsp3) is 0.409. The Kier molecular flexibility index (Phi) is 8.11. The molecule has 0 radical (unpaired) electrons. The minimum atomic E-state index is -3.62. The number of amides is 1. The lowest BCUT2D eigenvalue weighted by atomic mass is 10.1. The van der Waals surface area contributed by atoms with Gasteiger partial charge in [0, 0.05) is 18.7 Å². The summed E-state index contributed by atoms with van der Waals surface area (Å²) in [5, 5.41) is 0. The van der Waals surface area contributed by atoms with E-state index in [0.29, 0.717) is 23.6 Å². The van der Waals surface area contributed by atoms with Crippen molar-refractivity contribution in [2.45, 2.75) is 39.8 Å². The number of rotatable bonds is 10. The molecule has 2 rings (SSSR count). The van der Waals surface area contributed by atoms with Gasteiger partial charge in [0.05, 0.1) is 25.5 Å². The molecule has 0 N–H and O–H groups in total. The Balaban J connectivity index is 2.35. The van der Waals surface area contributed by atoms with Crippen LogP contribution in [0.4, 0.5) is 0 Å². The van der Waals surface area contributed by atoms with Crippen LogP contribution in [0.25, 0.3) is 0 Å². The maximum Gasteiger partial charge on any atom is 0.308 e. The Bertz CT molecular complexity index is 973. The van der Waals surface area contributed by atoms with E-state index in [1.807, 2.05) is 19.9 Å². The average Bonchev–Trinajstić information content (AvgIpc) is 2.75. The summed E-state index contributed by atoms with van der Waals surface area (Å²) in [5.74, 6) is 0.954. The van der Waals surface area contributed by atoms with Crippen LogP contribution in [0, 0.1) is 0 Å². The Hall–Kier alpha value is -2.74. The van der Waals surface area contributed by atoms with Crippen molar-refractivity contribution in [1.29, 1.82) is 0 Å². The minimum Gasteiger partial charge on any atom is -0.497 e. The van der Waals surface area contributed by atoms with Gasteiger partial charge in [0.2, 0.25) is 0 Å². The minimum absolute atomic E-state index is 0.0479. The molecule has 0 aliphatic rings. The number of hydrogen-bond acceptors (Lipinski definition) is 6. The number of methoxy groups -OCH3 is 2. The smallest absolute Gasteiger partial charge is 0.308 e. The van der Waals surface area contributed by atoms with E-state index in [1.54, 1.807) is 48.4 Å². The van der Waals surface area contributed by atoms with Crippen LogP contribution in [0.3, 0.4) is 0 Å². The lowest BCUT2D eigenvalue weighted by molar-refractivity contribution is 0.0668. The summed E-state index contributed by atoms with van der Waals surface area (Å²) >= 11 is 0. The molecule has 2 aromatic carbocycles. The van der Waals surface area contributed by atoms with Gasteiger partial charge < -0.3 is 18.6 Å². The molecule has 0 aliphatic carbocycles. The highest BCUT2D eigenvalue weighted by atomic mass is 32.2. The van der Waals surface area contributed by atoms with Crippen molar-refractivity contribution >= 4 is 16.0 Å². The topological polar surface area (TPSA) is 82.1 Å². The summed E-state index contributed by atoms with van der Waals surface area (Å²) in [5.41, 5.74) is 1.19. The normalized spacial score (nSPS) is 12.2. The quantitative estimate of drug-likeness (QED) is 0.527. The molecule has 0 fully saturated rings. The van der Waals surface area contributed by atoms with Gasteiger partial charge in [0.25, 0.3) is 5.91 Å². The van der Waals surface area contributed by atoms with Gasteiger partial charge in [-0.15, -0.1) is 0 Å². The predicted octanol–water partition coefficient (Wildman–Crippen LogP) is 3.87. The van der Waals surface area contributed by atoms with Gasteiger partial charge in [-0.25, -0.2) is 0 Å². The highest BCUT2D eigenvalue weighted by molar-refractivity contribution is 7.87. The van der Waals surface area contributed by atoms with Crippen LogP contribution in [-0.2, 0) is 16.7 Å². The third kappa shape index (κ3) is 5.89. The second kappa shape index (κ2) is 10.3. The fourth-order valence-electron chi connectivity index (χ4n) is 2.88. The molecule has 0 spiro atoms. The van der Waals surface area contributed by atoms with Crippen molar-refractivity contribution < 1.29 is 26.9 Å². The first-order chi connectivity index (χ1) is 14.2. The van der Waals surface area contributed by atoms with Gasteiger partial charge >= 0.3 is 10.1 Å². The second-order valence-corrected chi connectivity index (χ2v) is 8.69. The number of carbonyl (C=O) groups excluding carboxylic acids is 1. The molecule has 0 bridgehead atoms. The fourth-order valence-corrected chi connectivity index (χ4v) is 3.39. The SMILES string of the molecule is CC[C@@H](C)N(Cc1cccc(OS(=O)(=O)CC)c1)C(=O)c1ccc(OC)cc1OC. The van der Waals surface area contributed by atoms with Gasteiger partial charge in [-0.1, -0.05) is 19.1 Å². The molecule has 0 saturated carbocycles. The molecular formula is C22H29NO6S. The molecule has 164 valence electrons. The Morgan fingerprint density at radius 2 is 1.77 bits per heavy atom. The number of hydrogen-bond donors (Lipinski definition) is 0. The van der Waals surface area contributed by atoms with E-state index in [1.165, 1.54) is 14.0 Å². The van der Waals surface area contributed by atoms with E-state index in [4.69, 9.17) is 13.7 Å². The molecule has 0 heterocycles. The average molecular weight is 436 g/mol. The third-order valence-electron chi connectivity index (χ3n) is 4.85. The first-order valence-corrected chi connectivity index (χ1v) is 11.4. The summed E-state index contributed by atoms with van der Waals surface area (Å²) in [4.78, 5) is 15.1. The van der Waals surface area contributed by atoms with Crippen molar-refractivity contribution in [2.75, 3.05) is 20.0 Å². The molecular weight excluding hydrogens is 406 g/mol.